The molecular formula is C15H22N2O2S. The number of nitrogens with two attached hydrogens (primary N) is 1. The van der Waals surface area contributed by atoms with Gasteiger partial charge in [-0.2, -0.15) is 0 Å². The van der Waals surface area contributed by atoms with Gasteiger partial charge in [0.25, 0.3) is 0 Å². The topological polar surface area (TPSA) is 72.2 Å². The highest BCUT2D eigenvalue weighted by Gasteiger charge is 2.43. The van der Waals surface area contributed by atoms with Crippen LogP contribution in [0.15, 0.2) is 23.1 Å². The Labute approximate surface area is 120 Å². The van der Waals surface area contributed by atoms with Gasteiger partial charge in [0.05, 0.1) is 4.90 Å². The summed E-state index contributed by atoms with van der Waals surface area (Å²) in [6.45, 7) is 2.26. The fourth-order valence-corrected chi connectivity index (χ4v) is 4.47. The Hall–Kier alpha value is -0.910. The van der Waals surface area contributed by atoms with Gasteiger partial charge in [-0.15, -0.1) is 0 Å². The van der Waals surface area contributed by atoms with E-state index in [9.17, 15) is 8.42 Å². The molecule has 0 unspecified atom stereocenters. The van der Waals surface area contributed by atoms with E-state index < -0.39 is 10.0 Å². The lowest BCUT2D eigenvalue weighted by Crippen LogP contribution is -2.38. The Morgan fingerprint density at radius 2 is 1.85 bits per heavy atom. The second-order valence-corrected chi connectivity index (χ2v) is 7.81. The molecule has 2 aliphatic carbocycles. The van der Waals surface area contributed by atoms with E-state index in [0.29, 0.717) is 23.3 Å². The molecule has 3 rings (SSSR count). The summed E-state index contributed by atoms with van der Waals surface area (Å²) in [4.78, 5) is 0.390. The van der Waals surface area contributed by atoms with Gasteiger partial charge in [0.1, 0.15) is 0 Å². The monoisotopic (exact) mass is 294 g/mol. The standard InChI is InChI=1S/C15H22N2O2S/c1-10-8-11(9-16)2-7-14(10)20(18,19)17-15(12-3-4-12)13-5-6-13/h2,7-8,12-13,15,17H,3-6,9,16H2,1H3. The molecule has 0 aromatic heterocycles. The Balaban J connectivity index is 1.83. The minimum absolute atomic E-state index is 0.147. The molecule has 110 valence electrons. The summed E-state index contributed by atoms with van der Waals surface area (Å²) < 4.78 is 28.1. The minimum Gasteiger partial charge on any atom is -0.326 e. The molecule has 0 aliphatic heterocycles. The number of hydrogen-bond donors (Lipinski definition) is 2. The van der Waals surface area contributed by atoms with Gasteiger partial charge < -0.3 is 5.73 Å². The summed E-state index contributed by atoms with van der Waals surface area (Å²) in [6.07, 6.45) is 4.65. The Bertz CT molecular complexity index is 592. The van der Waals surface area contributed by atoms with Crippen molar-refractivity contribution in [1.29, 1.82) is 0 Å². The van der Waals surface area contributed by atoms with Gasteiger partial charge in [-0.1, -0.05) is 12.1 Å². The fourth-order valence-electron chi connectivity index (χ4n) is 2.87. The van der Waals surface area contributed by atoms with Gasteiger partial charge in [-0.05, 0) is 61.6 Å². The highest BCUT2D eigenvalue weighted by Crippen LogP contribution is 2.45. The van der Waals surface area contributed by atoms with E-state index in [2.05, 4.69) is 4.72 Å². The van der Waals surface area contributed by atoms with E-state index in [-0.39, 0.29) is 6.04 Å². The lowest BCUT2D eigenvalue weighted by molar-refractivity contribution is 0.471. The predicted molar refractivity (Wildman–Crippen MR) is 78.6 cm³/mol. The molecule has 5 heteroatoms. The Morgan fingerprint density at radius 1 is 1.25 bits per heavy atom. The third-order valence-electron chi connectivity index (χ3n) is 4.32. The second kappa shape index (κ2) is 5.13. The van der Waals surface area contributed by atoms with Crippen LogP contribution in [0.2, 0.25) is 0 Å². The molecule has 1 aromatic carbocycles. The number of aryl methyl sites for hydroxylation is 1. The molecule has 2 saturated carbocycles. The maximum Gasteiger partial charge on any atom is 0.241 e. The van der Waals surface area contributed by atoms with Crippen LogP contribution in [-0.4, -0.2) is 14.5 Å². The molecule has 20 heavy (non-hydrogen) atoms. The molecule has 4 nitrogen and oxygen atoms in total. The number of rotatable bonds is 6. The van der Waals surface area contributed by atoms with Gasteiger partial charge >= 0.3 is 0 Å². The highest BCUT2D eigenvalue weighted by atomic mass is 32.2. The molecular weight excluding hydrogens is 272 g/mol. The second-order valence-electron chi connectivity index (χ2n) is 6.13. The van der Waals surface area contributed by atoms with Crippen LogP contribution in [0.5, 0.6) is 0 Å². The SMILES string of the molecule is Cc1cc(CN)ccc1S(=O)(=O)NC(C1CC1)C1CC1. The average molecular weight is 294 g/mol. The molecule has 3 N–H and O–H groups in total. The predicted octanol–water partition coefficient (Wildman–Crippen LogP) is 1.92. The fraction of sp³-hybridized carbons (Fsp3) is 0.600. The van der Waals surface area contributed by atoms with Crippen molar-refractivity contribution in [2.45, 2.75) is 50.1 Å². The van der Waals surface area contributed by atoms with Crippen LogP contribution < -0.4 is 10.5 Å². The largest absolute Gasteiger partial charge is 0.326 e. The van der Waals surface area contributed by atoms with Crippen molar-refractivity contribution in [2.75, 3.05) is 0 Å². The highest BCUT2D eigenvalue weighted by molar-refractivity contribution is 7.89. The third-order valence-corrected chi connectivity index (χ3v) is 5.94. The van der Waals surface area contributed by atoms with Crippen molar-refractivity contribution in [3.05, 3.63) is 29.3 Å². The number of benzene rings is 1. The molecule has 0 bridgehead atoms. The summed E-state index contributed by atoms with van der Waals surface area (Å²) in [5, 5.41) is 0. The summed E-state index contributed by atoms with van der Waals surface area (Å²) in [5.74, 6) is 1.11. The van der Waals surface area contributed by atoms with Crippen molar-refractivity contribution in [1.82, 2.24) is 4.72 Å². The lowest BCUT2D eigenvalue weighted by atomic mass is 10.1. The van der Waals surface area contributed by atoms with Crippen molar-refractivity contribution >= 4 is 10.0 Å². The smallest absolute Gasteiger partial charge is 0.241 e. The number of sulfonamides is 1. The quantitative estimate of drug-likeness (QED) is 0.842. The van der Waals surface area contributed by atoms with Gasteiger partial charge in [0, 0.05) is 12.6 Å². The third kappa shape index (κ3) is 2.90. The van der Waals surface area contributed by atoms with Crippen LogP contribution in [0.4, 0.5) is 0 Å². The number of nitrogens with one attached hydrogen (secondary N) is 1. The summed E-state index contributed by atoms with van der Waals surface area (Å²) in [5.41, 5.74) is 7.32. The van der Waals surface area contributed by atoms with Crippen molar-refractivity contribution in [3.8, 4) is 0 Å². The first-order valence-electron chi connectivity index (χ1n) is 7.33. The Morgan fingerprint density at radius 3 is 2.30 bits per heavy atom. The van der Waals surface area contributed by atoms with E-state index >= 15 is 0 Å². The van der Waals surface area contributed by atoms with Crippen LogP contribution in [-0.2, 0) is 16.6 Å². The summed E-state index contributed by atoms with van der Waals surface area (Å²) in [6, 6.07) is 5.48. The normalized spacial score (nSPS) is 19.6. The van der Waals surface area contributed by atoms with E-state index in [1.165, 1.54) is 0 Å². The lowest BCUT2D eigenvalue weighted by Gasteiger charge is -2.19. The van der Waals surface area contributed by atoms with Crippen LogP contribution in [0.1, 0.15) is 36.8 Å². The zero-order valence-corrected chi connectivity index (χ0v) is 12.6. The first-order chi connectivity index (χ1) is 9.51. The van der Waals surface area contributed by atoms with Gasteiger partial charge in [0.2, 0.25) is 10.0 Å². The molecule has 0 radical (unpaired) electrons. The van der Waals surface area contributed by atoms with Crippen molar-refractivity contribution in [3.63, 3.8) is 0 Å². The molecule has 2 fully saturated rings. The van der Waals surface area contributed by atoms with Crippen LogP contribution in [0, 0.1) is 18.8 Å². The summed E-state index contributed by atoms with van der Waals surface area (Å²) >= 11 is 0. The maximum atomic E-state index is 12.6. The van der Waals surface area contributed by atoms with Gasteiger partial charge in [0.15, 0.2) is 0 Å². The summed E-state index contributed by atoms with van der Waals surface area (Å²) in [7, 11) is -3.42. The van der Waals surface area contributed by atoms with Gasteiger partial charge in [-0.25, -0.2) is 13.1 Å². The van der Waals surface area contributed by atoms with E-state index in [0.717, 1.165) is 36.8 Å². The van der Waals surface area contributed by atoms with Crippen LogP contribution in [0.25, 0.3) is 0 Å². The number of hydrogen-bond acceptors (Lipinski definition) is 3. The van der Waals surface area contributed by atoms with Crippen LogP contribution >= 0.6 is 0 Å². The zero-order chi connectivity index (χ0) is 14.3. The first kappa shape index (κ1) is 14.0. The van der Waals surface area contributed by atoms with Gasteiger partial charge in [-0.3, -0.25) is 0 Å². The van der Waals surface area contributed by atoms with Crippen molar-refractivity contribution < 1.29 is 8.42 Å². The van der Waals surface area contributed by atoms with Crippen LogP contribution in [0.3, 0.4) is 0 Å². The first-order valence-corrected chi connectivity index (χ1v) is 8.81. The zero-order valence-electron chi connectivity index (χ0n) is 11.8. The van der Waals surface area contributed by atoms with Crippen molar-refractivity contribution in [2.24, 2.45) is 17.6 Å². The molecule has 0 atom stereocenters. The Kier molecular flexibility index (Phi) is 3.60. The molecule has 0 heterocycles. The molecule has 0 spiro atoms. The van der Waals surface area contributed by atoms with E-state index in [1.807, 2.05) is 13.0 Å². The molecule has 1 aromatic rings. The molecule has 0 amide bonds. The molecule has 2 aliphatic rings. The maximum absolute atomic E-state index is 12.6. The average Bonchev–Trinajstić information content (AvgIpc) is 3.28. The van der Waals surface area contributed by atoms with E-state index in [1.54, 1.807) is 12.1 Å². The minimum atomic E-state index is -3.42. The molecule has 0 saturated heterocycles. The van der Waals surface area contributed by atoms with E-state index in [4.69, 9.17) is 5.73 Å².